The lowest BCUT2D eigenvalue weighted by molar-refractivity contribution is 0.0638. The first-order chi connectivity index (χ1) is 15.8. The summed E-state index contributed by atoms with van der Waals surface area (Å²) in [5.41, 5.74) is 3.13. The SMILES string of the molecule is Cc1ccccc1CN1C(=O)c2ccc(C(=O)c3ccc4c(c3)C(=O)N(C)C4=O)cc2C1=O. The molecule has 5 rings (SSSR count). The van der Waals surface area contributed by atoms with E-state index in [0.717, 1.165) is 16.0 Å². The number of hydrogen-bond donors (Lipinski definition) is 0. The van der Waals surface area contributed by atoms with Crippen LogP contribution in [-0.2, 0) is 6.54 Å². The van der Waals surface area contributed by atoms with Crippen LogP contribution in [0.1, 0.15) is 68.5 Å². The van der Waals surface area contributed by atoms with Crippen molar-refractivity contribution in [1.29, 1.82) is 0 Å². The van der Waals surface area contributed by atoms with Crippen LogP contribution in [0.15, 0.2) is 60.7 Å². The Morgan fingerprint density at radius 3 is 1.85 bits per heavy atom. The smallest absolute Gasteiger partial charge is 0.261 e. The largest absolute Gasteiger partial charge is 0.289 e. The second-order valence-electron chi connectivity index (χ2n) is 8.14. The molecule has 7 heteroatoms. The second kappa shape index (κ2) is 7.34. The van der Waals surface area contributed by atoms with Crippen molar-refractivity contribution in [2.24, 2.45) is 0 Å². The molecule has 2 heterocycles. The average molecular weight is 438 g/mol. The van der Waals surface area contributed by atoms with E-state index in [1.54, 1.807) is 0 Å². The number of nitrogens with zero attached hydrogens (tertiary/aromatic N) is 2. The number of fused-ring (bicyclic) bond motifs is 2. The molecule has 0 saturated carbocycles. The summed E-state index contributed by atoms with van der Waals surface area (Å²) >= 11 is 0. The highest BCUT2D eigenvalue weighted by Crippen LogP contribution is 2.28. The minimum Gasteiger partial charge on any atom is -0.289 e. The average Bonchev–Trinajstić information content (AvgIpc) is 3.19. The van der Waals surface area contributed by atoms with Crippen LogP contribution in [0, 0.1) is 6.92 Å². The third-order valence-corrected chi connectivity index (χ3v) is 6.17. The topological polar surface area (TPSA) is 91.8 Å². The van der Waals surface area contributed by atoms with Gasteiger partial charge in [0, 0.05) is 18.2 Å². The summed E-state index contributed by atoms with van der Waals surface area (Å²) < 4.78 is 0. The minimum absolute atomic E-state index is 0.150. The highest BCUT2D eigenvalue weighted by molar-refractivity contribution is 6.24. The molecule has 3 aromatic rings. The highest BCUT2D eigenvalue weighted by Gasteiger charge is 2.37. The maximum atomic E-state index is 13.1. The van der Waals surface area contributed by atoms with Crippen LogP contribution in [0.25, 0.3) is 0 Å². The van der Waals surface area contributed by atoms with E-state index in [9.17, 15) is 24.0 Å². The van der Waals surface area contributed by atoms with Crippen molar-refractivity contribution in [3.63, 3.8) is 0 Å². The lowest BCUT2D eigenvalue weighted by atomic mass is 9.96. The third kappa shape index (κ3) is 3.09. The van der Waals surface area contributed by atoms with Gasteiger partial charge in [0.05, 0.1) is 28.8 Å². The van der Waals surface area contributed by atoms with Gasteiger partial charge in [0.15, 0.2) is 5.78 Å². The molecule has 7 nitrogen and oxygen atoms in total. The van der Waals surface area contributed by atoms with E-state index in [2.05, 4.69) is 0 Å². The van der Waals surface area contributed by atoms with Gasteiger partial charge in [-0.05, 0) is 42.3 Å². The minimum atomic E-state index is -0.466. The third-order valence-electron chi connectivity index (χ3n) is 6.17. The van der Waals surface area contributed by atoms with Gasteiger partial charge in [-0.1, -0.05) is 36.4 Å². The van der Waals surface area contributed by atoms with E-state index in [1.807, 2.05) is 31.2 Å². The molecule has 33 heavy (non-hydrogen) atoms. The van der Waals surface area contributed by atoms with Crippen molar-refractivity contribution in [1.82, 2.24) is 9.80 Å². The number of aryl methyl sites for hydroxylation is 1. The van der Waals surface area contributed by atoms with Crippen molar-refractivity contribution in [3.8, 4) is 0 Å². The van der Waals surface area contributed by atoms with Gasteiger partial charge in [0.1, 0.15) is 0 Å². The molecule has 3 aromatic carbocycles. The van der Waals surface area contributed by atoms with Crippen LogP contribution in [-0.4, -0.2) is 46.3 Å². The first-order valence-corrected chi connectivity index (χ1v) is 10.3. The van der Waals surface area contributed by atoms with Crippen LogP contribution in [0.2, 0.25) is 0 Å². The number of amides is 4. The first kappa shape index (κ1) is 20.5. The zero-order chi connectivity index (χ0) is 23.4. The number of imide groups is 2. The van der Waals surface area contributed by atoms with E-state index in [4.69, 9.17) is 0 Å². The van der Waals surface area contributed by atoms with E-state index < -0.39 is 29.4 Å². The molecular weight excluding hydrogens is 420 g/mol. The zero-order valence-electron chi connectivity index (χ0n) is 17.9. The summed E-state index contributed by atoms with van der Waals surface area (Å²) in [7, 11) is 1.39. The molecule has 4 amide bonds. The standard InChI is InChI=1S/C26H18N2O5/c1-14-5-3-4-6-17(14)13-28-25(32)19-10-8-16(12-21(19)26(28)33)22(29)15-7-9-18-20(11-15)24(31)27(2)23(18)30/h3-12H,13H2,1-2H3. The summed E-state index contributed by atoms with van der Waals surface area (Å²) in [4.78, 5) is 65.5. The molecule has 0 N–H and O–H groups in total. The van der Waals surface area contributed by atoms with Gasteiger partial charge in [0.25, 0.3) is 23.6 Å². The number of carbonyl (C=O) groups excluding carboxylic acids is 5. The van der Waals surface area contributed by atoms with Crippen LogP contribution >= 0.6 is 0 Å². The Bertz CT molecular complexity index is 1420. The van der Waals surface area contributed by atoms with Gasteiger partial charge >= 0.3 is 0 Å². The summed E-state index contributed by atoms with van der Waals surface area (Å²) in [5.74, 6) is -2.14. The molecular formula is C26H18N2O5. The fourth-order valence-corrected chi connectivity index (χ4v) is 4.20. The lowest BCUT2D eigenvalue weighted by Gasteiger charge is -2.15. The normalized spacial score (nSPS) is 14.7. The number of benzene rings is 3. The van der Waals surface area contributed by atoms with E-state index in [1.165, 1.54) is 48.3 Å². The molecule has 2 aliphatic rings. The van der Waals surface area contributed by atoms with Crippen LogP contribution in [0.5, 0.6) is 0 Å². The Hall–Kier alpha value is -4.39. The molecule has 0 atom stereocenters. The molecule has 0 aromatic heterocycles. The Kier molecular flexibility index (Phi) is 4.56. The van der Waals surface area contributed by atoms with Gasteiger partial charge < -0.3 is 0 Å². The Morgan fingerprint density at radius 1 is 0.697 bits per heavy atom. The zero-order valence-corrected chi connectivity index (χ0v) is 17.9. The maximum absolute atomic E-state index is 13.1. The Balaban J connectivity index is 1.46. The van der Waals surface area contributed by atoms with E-state index >= 15 is 0 Å². The summed E-state index contributed by atoms with van der Waals surface area (Å²) in [6.07, 6.45) is 0. The van der Waals surface area contributed by atoms with E-state index in [0.29, 0.717) is 0 Å². The van der Waals surface area contributed by atoms with E-state index in [-0.39, 0.29) is 39.9 Å². The molecule has 2 aliphatic heterocycles. The van der Waals surface area contributed by atoms with Crippen LogP contribution in [0.3, 0.4) is 0 Å². The molecule has 162 valence electrons. The summed E-state index contributed by atoms with van der Waals surface area (Å²) in [5, 5.41) is 0. The van der Waals surface area contributed by atoms with Crippen molar-refractivity contribution in [3.05, 3.63) is 105 Å². The quantitative estimate of drug-likeness (QED) is 0.461. The van der Waals surface area contributed by atoms with Gasteiger partial charge in [-0.2, -0.15) is 0 Å². The van der Waals surface area contributed by atoms with Gasteiger partial charge in [-0.3, -0.25) is 33.8 Å². The van der Waals surface area contributed by atoms with Gasteiger partial charge in [0.2, 0.25) is 0 Å². The summed E-state index contributed by atoms with van der Waals surface area (Å²) in [6.45, 7) is 2.06. The number of ketones is 1. The second-order valence-corrected chi connectivity index (χ2v) is 8.14. The molecule has 0 radical (unpaired) electrons. The van der Waals surface area contributed by atoms with Crippen molar-refractivity contribution in [2.75, 3.05) is 7.05 Å². The van der Waals surface area contributed by atoms with Gasteiger partial charge in [-0.15, -0.1) is 0 Å². The molecule has 0 saturated heterocycles. The molecule has 0 aliphatic carbocycles. The van der Waals surface area contributed by atoms with Gasteiger partial charge in [-0.25, -0.2) is 0 Å². The van der Waals surface area contributed by atoms with Crippen LogP contribution in [0.4, 0.5) is 0 Å². The maximum Gasteiger partial charge on any atom is 0.261 e. The van der Waals surface area contributed by atoms with Crippen molar-refractivity contribution < 1.29 is 24.0 Å². The predicted octanol–water partition coefficient (Wildman–Crippen LogP) is 3.25. The van der Waals surface area contributed by atoms with Crippen LogP contribution < -0.4 is 0 Å². The molecule has 0 unspecified atom stereocenters. The number of carbonyl (C=O) groups is 5. The lowest BCUT2D eigenvalue weighted by Crippen LogP contribution is -2.29. The summed E-state index contributed by atoms with van der Waals surface area (Å²) in [6, 6.07) is 16.3. The first-order valence-electron chi connectivity index (χ1n) is 10.3. The Morgan fingerprint density at radius 2 is 1.21 bits per heavy atom. The number of rotatable bonds is 4. The molecule has 0 bridgehead atoms. The Labute approximate surface area is 189 Å². The molecule has 0 fully saturated rings. The highest BCUT2D eigenvalue weighted by atomic mass is 16.2. The number of hydrogen-bond acceptors (Lipinski definition) is 5. The fraction of sp³-hybridized carbons (Fsp3) is 0.115. The molecule has 0 spiro atoms. The monoisotopic (exact) mass is 438 g/mol. The predicted molar refractivity (Wildman–Crippen MR) is 118 cm³/mol. The van der Waals surface area contributed by atoms with Crippen molar-refractivity contribution >= 4 is 29.4 Å². The van der Waals surface area contributed by atoms with Crippen molar-refractivity contribution in [2.45, 2.75) is 13.5 Å². The fourth-order valence-electron chi connectivity index (χ4n) is 4.20.